The number of ether oxygens (including phenoxy) is 1. The number of hydrogen-bond acceptors (Lipinski definition) is 2. The molecule has 0 radical (unpaired) electrons. The molecule has 122 valence electrons. The summed E-state index contributed by atoms with van der Waals surface area (Å²) in [5, 5.41) is 0. The molecule has 21 heavy (non-hydrogen) atoms. The standard InChI is InChI=1S/C19H34O2/c1-3-4-5-6-7-8-9-10-11-12-13-14-15-16-17-18-19(20)21-2/h7-10H,3-6,11-18H2,1-2H3/b8-7+,10-9+. The second-order valence-electron chi connectivity index (χ2n) is 5.59. The summed E-state index contributed by atoms with van der Waals surface area (Å²) < 4.78 is 4.62. The molecule has 0 aromatic carbocycles. The van der Waals surface area contributed by atoms with Crippen LogP contribution in [0, 0.1) is 0 Å². The number of unbranched alkanes of at least 4 members (excludes halogenated alkanes) is 9. The maximum absolute atomic E-state index is 10.9. The van der Waals surface area contributed by atoms with Crippen molar-refractivity contribution >= 4 is 5.97 Å². The summed E-state index contributed by atoms with van der Waals surface area (Å²) in [6, 6.07) is 0. The van der Waals surface area contributed by atoms with E-state index >= 15 is 0 Å². The van der Waals surface area contributed by atoms with Crippen LogP contribution >= 0.6 is 0 Å². The highest BCUT2D eigenvalue weighted by Gasteiger charge is 1.98. The lowest BCUT2D eigenvalue weighted by Gasteiger charge is -2.00. The minimum absolute atomic E-state index is 0.0807. The fourth-order valence-corrected chi connectivity index (χ4v) is 2.20. The van der Waals surface area contributed by atoms with Crippen molar-refractivity contribution < 1.29 is 9.53 Å². The number of carbonyl (C=O) groups excluding carboxylic acids is 1. The molecule has 0 saturated carbocycles. The van der Waals surface area contributed by atoms with Gasteiger partial charge in [-0.1, -0.05) is 69.8 Å². The summed E-state index contributed by atoms with van der Waals surface area (Å²) in [5.41, 5.74) is 0. The molecule has 0 heterocycles. The van der Waals surface area contributed by atoms with Gasteiger partial charge in [-0.15, -0.1) is 0 Å². The summed E-state index contributed by atoms with van der Waals surface area (Å²) >= 11 is 0. The van der Waals surface area contributed by atoms with Gasteiger partial charge in [0.2, 0.25) is 0 Å². The Morgan fingerprint density at radius 1 is 0.810 bits per heavy atom. The van der Waals surface area contributed by atoms with Gasteiger partial charge in [-0.05, 0) is 32.1 Å². The normalized spacial score (nSPS) is 11.5. The number of esters is 1. The van der Waals surface area contributed by atoms with Gasteiger partial charge < -0.3 is 4.74 Å². The third-order valence-electron chi connectivity index (χ3n) is 3.59. The molecule has 0 saturated heterocycles. The van der Waals surface area contributed by atoms with Gasteiger partial charge in [0.05, 0.1) is 7.11 Å². The second-order valence-corrected chi connectivity index (χ2v) is 5.59. The van der Waals surface area contributed by atoms with Crippen LogP contribution in [0.2, 0.25) is 0 Å². The van der Waals surface area contributed by atoms with Crippen LogP contribution in [0.1, 0.15) is 84.0 Å². The smallest absolute Gasteiger partial charge is 0.305 e. The van der Waals surface area contributed by atoms with Crippen molar-refractivity contribution in [3.8, 4) is 0 Å². The molecule has 0 spiro atoms. The summed E-state index contributed by atoms with van der Waals surface area (Å²) in [4.78, 5) is 10.9. The highest BCUT2D eigenvalue weighted by molar-refractivity contribution is 5.68. The Hall–Kier alpha value is -1.05. The van der Waals surface area contributed by atoms with E-state index in [1.807, 2.05) is 0 Å². The topological polar surface area (TPSA) is 26.3 Å². The van der Waals surface area contributed by atoms with Gasteiger partial charge in [-0.2, -0.15) is 0 Å². The maximum Gasteiger partial charge on any atom is 0.305 e. The van der Waals surface area contributed by atoms with E-state index in [1.54, 1.807) is 0 Å². The first-order valence-corrected chi connectivity index (χ1v) is 8.69. The molecule has 0 aliphatic carbocycles. The summed E-state index contributed by atoms with van der Waals surface area (Å²) in [6.45, 7) is 2.24. The second kappa shape index (κ2) is 17.0. The summed E-state index contributed by atoms with van der Waals surface area (Å²) in [5.74, 6) is -0.0807. The maximum atomic E-state index is 10.9. The number of rotatable bonds is 14. The molecule has 0 atom stereocenters. The average Bonchev–Trinajstić information content (AvgIpc) is 2.50. The molecular weight excluding hydrogens is 260 g/mol. The summed E-state index contributed by atoms with van der Waals surface area (Å²) in [6.07, 6.45) is 23.0. The minimum atomic E-state index is -0.0807. The molecule has 0 aromatic rings. The first-order valence-electron chi connectivity index (χ1n) is 8.69. The van der Waals surface area contributed by atoms with Crippen LogP contribution in [0.15, 0.2) is 24.3 Å². The molecule has 0 bridgehead atoms. The lowest BCUT2D eigenvalue weighted by Crippen LogP contribution is -1.99. The number of methoxy groups -OCH3 is 1. The summed E-state index contributed by atoms with van der Waals surface area (Å²) in [7, 11) is 1.45. The molecule has 0 N–H and O–H groups in total. The molecule has 0 fully saturated rings. The molecule has 2 nitrogen and oxygen atoms in total. The molecule has 0 aliphatic heterocycles. The van der Waals surface area contributed by atoms with E-state index in [-0.39, 0.29) is 5.97 Å². The van der Waals surface area contributed by atoms with E-state index in [0.717, 1.165) is 12.8 Å². The van der Waals surface area contributed by atoms with E-state index in [9.17, 15) is 4.79 Å². The zero-order chi connectivity index (χ0) is 15.6. The lowest BCUT2D eigenvalue weighted by molar-refractivity contribution is -0.140. The Balaban J connectivity index is 3.19. The number of hydrogen-bond donors (Lipinski definition) is 0. The van der Waals surface area contributed by atoms with Gasteiger partial charge in [-0.25, -0.2) is 0 Å². The molecule has 2 heteroatoms. The van der Waals surface area contributed by atoms with Crippen molar-refractivity contribution in [2.45, 2.75) is 84.0 Å². The van der Waals surface area contributed by atoms with Gasteiger partial charge in [0.15, 0.2) is 0 Å². The van der Waals surface area contributed by atoms with Gasteiger partial charge >= 0.3 is 5.97 Å². The monoisotopic (exact) mass is 294 g/mol. The van der Waals surface area contributed by atoms with Crippen molar-refractivity contribution in [2.24, 2.45) is 0 Å². The number of carbonyl (C=O) groups is 1. The predicted octanol–water partition coefficient (Wildman–Crippen LogP) is 5.97. The predicted molar refractivity (Wildman–Crippen MR) is 91.4 cm³/mol. The molecule has 0 aliphatic rings. The van der Waals surface area contributed by atoms with Crippen LogP contribution < -0.4 is 0 Å². The quantitative estimate of drug-likeness (QED) is 0.224. The van der Waals surface area contributed by atoms with E-state index in [4.69, 9.17) is 0 Å². The first-order chi connectivity index (χ1) is 10.3. The first kappa shape index (κ1) is 19.9. The average molecular weight is 294 g/mol. The zero-order valence-electron chi connectivity index (χ0n) is 14.1. The van der Waals surface area contributed by atoms with Crippen LogP contribution in [-0.4, -0.2) is 13.1 Å². The van der Waals surface area contributed by atoms with Gasteiger partial charge in [0.1, 0.15) is 0 Å². The zero-order valence-corrected chi connectivity index (χ0v) is 14.1. The Labute approximate surface area is 131 Å². The third-order valence-corrected chi connectivity index (χ3v) is 3.59. The van der Waals surface area contributed by atoms with Crippen molar-refractivity contribution in [3.63, 3.8) is 0 Å². The van der Waals surface area contributed by atoms with Gasteiger partial charge in [0, 0.05) is 6.42 Å². The van der Waals surface area contributed by atoms with Crippen molar-refractivity contribution in [2.75, 3.05) is 7.11 Å². The van der Waals surface area contributed by atoms with Crippen LogP contribution in [0.3, 0.4) is 0 Å². The van der Waals surface area contributed by atoms with E-state index < -0.39 is 0 Å². The van der Waals surface area contributed by atoms with Crippen molar-refractivity contribution in [3.05, 3.63) is 24.3 Å². The SMILES string of the molecule is CCCCC/C=C/C=C/CCCCCCCCC(=O)OC. The van der Waals surface area contributed by atoms with E-state index in [0.29, 0.717) is 6.42 Å². The van der Waals surface area contributed by atoms with Crippen LogP contribution in [0.5, 0.6) is 0 Å². The highest BCUT2D eigenvalue weighted by atomic mass is 16.5. The molecule has 0 unspecified atom stereocenters. The largest absolute Gasteiger partial charge is 0.469 e. The Morgan fingerprint density at radius 2 is 1.33 bits per heavy atom. The minimum Gasteiger partial charge on any atom is -0.469 e. The fourth-order valence-electron chi connectivity index (χ4n) is 2.20. The molecule has 0 rings (SSSR count). The Kier molecular flexibility index (Phi) is 16.2. The van der Waals surface area contributed by atoms with Gasteiger partial charge in [-0.3, -0.25) is 4.79 Å². The van der Waals surface area contributed by atoms with Crippen LogP contribution in [-0.2, 0) is 9.53 Å². The van der Waals surface area contributed by atoms with E-state index in [2.05, 4.69) is 36.0 Å². The molecular formula is C19H34O2. The van der Waals surface area contributed by atoms with E-state index in [1.165, 1.54) is 64.9 Å². The van der Waals surface area contributed by atoms with Crippen LogP contribution in [0.25, 0.3) is 0 Å². The van der Waals surface area contributed by atoms with Crippen molar-refractivity contribution in [1.29, 1.82) is 0 Å². The molecule has 0 aromatic heterocycles. The highest BCUT2D eigenvalue weighted by Crippen LogP contribution is 2.09. The van der Waals surface area contributed by atoms with Crippen LogP contribution in [0.4, 0.5) is 0 Å². The Bertz CT molecular complexity index is 279. The third kappa shape index (κ3) is 16.9. The molecule has 0 amide bonds. The Morgan fingerprint density at radius 3 is 1.90 bits per heavy atom. The number of allylic oxidation sites excluding steroid dienone is 4. The fraction of sp³-hybridized carbons (Fsp3) is 0.737. The van der Waals surface area contributed by atoms with Crippen molar-refractivity contribution in [1.82, 2.24) is 0 Å². The van der Waals surface area contributed by atoms with Gasteiger partial charge in [0.25, 0.3) is 0 Å². The lowest BCUT2D eigenvalue weighted by atomic mass is 10.1.